The molecule has 24 heavy (non-hydrogen) atoms. The summed E-state index contributed by atoms with van der Waals surface area (Å²) >= 11 is 5.77. The maximum atomic E-state index is 9.74. The van der Waals surface area contributed by atoms with Gasteiger partial charge in [0.05, 0.1) is 10.6 Å². The van der Waals surface area contributed by atoms with E-state index in [4.69, 9.17) is 31.2 Å². The van der Waals surface area contributed by atoms with Crippen LogP contribution in [0.1, 0.15) is 0 Å². The van der Waals surface area contributed by atoms with Crippen molar-refractivity contribution in [1.29, 1.82) is 0 Å². The van der Waals surface area contributed by atoms with Gasteiger partial charge in [0.1, 0.15) is 11.5 Å². The predicted molar refractivity (Wildman–Crippen MR) is 85.4 cm³/mol. The van der Waals surface area contributed by atoms with E-state index in [1.54, 1.807) is 12.1 Å². The van der Waals surface area contributed by atoms with Gasteiger partial charge < -0.3 is 29.8 Å². The van der Waals surface area contributed by atoms with Crippen molar-refractivity contribution in [2.75, 3.05) is 0 Å². The van der Waals surface area contributed by atoms with Gasteiger partial charge in [-0.05, 0) is 17.7 Å². The molecular formula is C12H13ClO9P2. The normalized spacial score (nSPS) is 11.5. The zero-order chi connectivity index (χ0) is 18.5. The molecule has 132 valence electrons. The molecule has 0 unspecified atom stereocenters. The monoisotopic (exact) mass is 398 g/mol. The Labute approximate surface area is 141 Å². The summed E-state index contributed by atoms with van der Waals surface area (Å²) in [6.07, 6.45) is 0. The van der Waals surface area contributed by atoms with Gasteiger partial charge in [-0.1, -0.05) is 41.9 Å². The van der Waals surface area contributed by atoms with E-state index in [1.165, 1.54) is 12.1 Å². The smallest absolute Gasteiger partial charge is 0.478 e. The van der Waals surface area contributed by atoms with Crippen LogP contribution in [0.4, 0.5) is 0 Å². The Morgan fingerprint density at radius 2 is 1.33 bits per heavy atom. The van der Waals surface area contributed by atoms with Crippen LogP contribution < -0.4 is 0 Å². The maximum absolute atomic E-state index is 9.74. The molecule has 0 saturated heterocycles. The van der Waals surface area contributed by atoms with Crippen molar-refractivity contribution in [2.24, 2.45) is 0 Å². The van der Waals surface area contributed by atoms with Gasteiger partial charge in [0.25, 0.3) is 0 Å². The SMILES string of the molecule is O=P(O)(O)OP(=O)(O)O.Oc1ccc(Cl)c(O)c1-c1ccccc1. The summed E-state index contributed by atoms with van der Waals surface area (Å²) < 4.78 is 22.2. The van der Waals surface area contributed by atoms with E-state index < -0.39 is 15.6 Å². The molecular weight excluding hydrogens is 386 g/mol. The molecule has 0 aliphatic rings. The molecule has 2 aromatic carbocycles. The van der Waals surface area contributed by atoms with Crippen molar-refractivity contribution in [3.05, 3.63) is 47.5 Å². The van der Waals surface area contributed by atoms with Crippen LogP contribution in [0.15, 0.2) is 42.5 Å². The molecule has 0 amide bonds. The third-order valence-electron chi connectivity index (χ3n) is 2.38. The third kappa shape index (κ3) is 7.00. The fraction of sp³-hybridized carbons (Fsp3) is 0. The lowest BCUT2D eigenvalue weighted by Gasteiger charge is -2.08. The summed E-state index contributed by atoms with van der Waals surface area (Å²) in [6.45, 7) is 0. The van der Waals surface area contributed by atoms with Gasteiger partial charge in [-0.15, -0.1) is 0 Å². The molecule has 2 aromatic rings. The van der Waals surface area contributed by atoms with Gasteiger partial charge in [-0.25, -0.2) is 9.13 Å². The Morgan fingerprint density at radius 1 is 0.833 bits per heavy atom. The largest absolute Gasteiger partial charge is 0.507 e. The zero-order valence-corrected chi connectivity index (χ0v) is 14.3. The van der Waals surface area contributed by atoms with E-state index in [0.29, 0.717) is 5.56 Å². The topological polar surface area (TPSA) is 165 Å². The Balaban J connectivity index is 0.000000277. The average Bonchev–Trinajstić information content (AvgIpc) is 2.41. The van der Waals surface area contributed by atoms with E-state index in [0.717, 1.165) is 5.56 Å². The fourth-order valence-corrected chi connectivity index (χ4v) is 2.85. The van der Waals surface area contributed by atoms with Gasteiger partial charge in [-0.2, -0.15) is 4.31 Å². The second-order valence-corrected chi connectivity index (χ2v) is 7.24. The minimum atomic E-state index is -5.05. The van der Waals surface area contributed by atoms with Gasteiger partial charge in [0, 0.05) is 0 Å². The first-order chi connectivity index (χ1) is 10.9. The number of rotatable bonds is 3. The summed E-state index contributed by atoms with van der Waals surface area (Å²) in [5, 5.41) is 19.6. The Bertz CT molecular complexity index is 765. The van der Waals surface area contributed by atoms with E-state index in [1.807, 2.05) is 18.2 Å². The van der Waals surface area contributed by atoms with Crippen LogP contribution in [0, 0.1) is 0 Å². The van der Waals surface area contributed by atoms with Crippen molar-refractivity contribution in [3.63, 3.8) is 0 Å². The summed E-state index contributed by atoms with van der Waals surface area (Å²) in [5.41, 5.74) is 1.10. The number of phosphoric acid groups is 2. The quantitative estimate of drug-likeness (QED) is 0.426. The van der Waals surface area contributed by atoms with Gasteiger partial charge in [0.15, 0.2) is 0 Å². The molecule has 9 nitrogen and oxygen atoms in total. The van der Waals surface area contributed by atoms with Crippen molar-refractivity contribution in [3.8, 4) is 22.6 Å². The van der Waals surface area contributed by atoms with Crippen LogP contribution in [0.5, 0.6) is 11.5 Å². The lowest BCUT2D eigenvalue weighted by Crippen LogP contribution is -1.84. The van der Waals surface area contributed by atoms with Crippen molar-refractivity contribution < 1.29 is 43.2 Å². The van der Waals surface area contributed by atoms with Gasteiger partial charge in [0.2, 0.25) is 0 Å². The number of hydrogen-bond acceptors (Lipinski definition) is 5. The first kappa shape index (κ1) is 20.6. The minimum Gasteiger partial charge on any atom is -0.507 e. The second-order valence-electron chi connectivity index (χ2n) is 4.22. The van der Waals surface area contributed by atoms with E-state index in [2.05, 4.69) is 4.31 Å². The molecule has 0 heterocycles. The molecule has 0 aromatic heterocycles. The number of benzene rings is 2. The number of phenols is 2. The molecule has 0 aliphatic heterocycles. The summed E-state index contributed by atoms with van der Waals surface area (Å²) in [6, 6.07) is 12.0. The van der Waals surface area contributed by atoms with E-state index >= 15 is 0 Å². The summed E-state index contributed by atoms with van der Waals surface area (Å²) in [7, 11) is -10.1. The third-order valence-corrected chi connectivity index (χ3v) is 4.39. The van der Waals surface area contributed by atoms with Crippen LogP contribution in [-0.4, -0.2) is 29.8 Å². The van der Waals surface area contributed by atoms with Crippen LogP contribution in [0.2, 0.25) is 5.02 Å². The predicted octanol–water partition coefficient (Wildman–Crippen LogP) is 2.61. The minimum absolute atomic E-state index is 0.0168. The first-order valence-corrected chi connectivity index (χ1v) is 9.43. The number of aromatic hydroxyl groups is 2. The maximum Gasteiger partial charge on any atom is 0.478 e. The Kier molecular flexibility index (Phi) is 6.97. The average molecular weight is 399 g/mol. The molecule has 2 rings (SSSR count). The summed E-state index contributed by atoms with van der Waals surface area (Å²) in [5.74, 6) is -0.0778. The highest BCUT2D eigenvalue weighted by molar-refractivity contribution is 7.60. The highest BCUT2D eigenvalue weighted by Gasteiger charge is 2.27. The van der Waals surface area contributed by atoms with Crippen molar-refractivity contribution in [2.45, 2.75) is 0 Å². The number of phenolic OH excluding ortho intramolecular Hbond substituents is 2. The highest BCUT2D eigenvalue weighted by Crippen LogP contribution is 2.53. The van der Waals surface area contributed by atoms with Gasteiger partial charge in [-0.3, -0.25) is 0 Å². The fourth-order valence-electron chi connectivity index (χ4n) is 1.58. The summed E-state index contributed by atoms with van der Waals surface area (Å²) in [4.78, 5) is 31.0. The second kappa shape index (κ2) is 8.11. The van der Waals surface area contributed by atoms with E-state index in [9.17, 15) is 19.3 Å². The van der Waals surface area contributed by atoms with Gasteiger partial charge >= 0.3 is 15.6 Å². The van der Waals surface area contributed by atoms with Crippen molar-refractivity contribution in [1.82, 2.24) is 0 Å². The molecule has 0 bridgehead atoms. The first-order valence-electron chi connectivity index (χ1n) is 5.99. The highest BCUT2D eigenvalue weighted by atomic mass is 35.5. The molecule has 0 aliphatic carbocycles. The zero-order valence-electron chi connectivity index (χ0n) is 11.7. The molecule has 0 saturated carbocycles. The molecule has 0 fully saturated rings. The molecule has 0 spiro atoms. The Hall–Kier alpha value is -1.41. The molecule has 6 N–H and O–H groups in total. The van der Waals surface area contributed by atoms with Crippen LogP contribution >= 0.6 is 27.2 Å². The van der Waals surface area contributed by atoms with Crippen LogP contribution in [0.25, 0.3) is 11.1 Å². The van der Waals surface area contributed by atoms with Crippen LogP contribution in [0.3, 0.4) is 0 Å². The number of hydrogen-bond donors (Lipinski definition) is 6. The van der Waals surface area contributed by atoms with Crippen LogP contribution in [-0.2, 0) is 13.4 Å². The Morgan fingerprint density at radius 3 is 1.75 bits per heavy atom. The van der Waals surface area contributed by atoms with E-state index in [-0.39, 0.29) is 16.5 Å². The standard InChI is InChI=1S/C12H9ClO2.H4O7P2/c13-9-6-7-10(14)11(12(9)15)8-4-2-1-3-5-8;1-8(2,3)7-9(4,5)6/h1-7,14-15H;(H2,1,2,3)(H2,4,5,6). The lowest BCUT2D eigenvalue weighted by atomic mass is 10.0. The van der Waals surface area contributed by atoms with Crippen molar-refractivity contribution >= 4 is 27.2 Å². The molecule has 0 radical (unpaired) electrons. The molecule has 12 heteroatoms. The number of halogens is 1. The molecule has 0 atom stereocenters. The lowest BCUT2D eigenvalue weighted by molar-refractivity contribution is 0.225.